The van der Waals surface area contributed by atoms with Gasteiger partial charge in [0.1, 0.15) is 18.2 Å². The van der Waals surface area contributed by atoms with Crippen LogP contribution in [0.15, 0.2) is 64.2 Å². The second kappa shape index (κ2) is 16.6. The van der Waals surface area contributed by atoms with Gasteiger partial charge in [0.05, 0.1) is 0 Å². The number of hydrogen-bond acceptors (Lipinski definition) is 5. The number of hydrogen-bond donors (Lipinski definition) is 2. The van der Waals surface area contributed by atoms with E-state index in [2.05, 4.69) is 54.1 Å². The van der Waals surface area contributed by atoms with E-state index in [-0.39, 0.29) is 12.4 Å². The fourth-order valence-electron chi connectivity index (χ4n) is 2.61. The molecule has 0 bridgehead atoms. The Morgan fingerprint density at radius 2 is 1.82 bits per heavy atom. The van der Waals surface area contributed by atoms with Gasteiger partial charge in [0, 0.05) is 30.6 Å². The van der Waals surface area contributed by atoms with Gasteiger partial charge in [-0.25, -0.2) is 4.99 Å². The minimum Gasteiger partial charge on any atom is -0.488 e. The second-order valence-corrected chi connectivity index (χ2v) is 7.87. The monoisotopic (exact) mass is 456 g/mol. The molecule has 0 radical (unpaired) electrons. The first-order valence-corrected chi connectivity index (χ1v) is 11.7. The summed E-state index contributed by atoms with van der Waals surface area (Å²) >= 11 is 0. The van der Waals surface area contributed by atoms with Crippen LogP contribution >= 0.6 is 0 Å². The summed E-state index contributed by atoms with van der Waals surface area (Å²) in [5.41, 5.74) is 2.72. The highest BCUT2D eigenvalue weighted by Gasteiger charge is 2.11. The molecule has 0 spiro atoms. The average molecular weight is 457 g/mol. The molecule has 0 unspecified atom stereocenters. The summed E-state index contributed by atoms with van der Waals surface area (Å²) in [4.78, 5) is 6.46. The van der Waals surface area contributed by atoms with Crippen molar-refractivity contribution >= 4 is 17.7 Å². The number of oxime groups is 1. The lowest BCUT2D eigenvalue weighted by Crippen LogP contribution is -2.29. The molecule has 0 fully saturated rings. The molecule has 6 heteroatoms. The smallest absolute Gasteiger partial charge is 0.198 e. The van der Waals surface area contributed by atoms with Gasteiger partial charge in [-0.3, -0.25) is 0 Å². The van der Waals surface area contributed by atoms with Gasteiger partial charge in [0.25, 0.3) is 0 Å². The summed E-state index contributed by atoms with van der Waals surface area (Å²) in [6.45, 7) is 18.7. The molecule has 0 aliphatic heterocycles. The number of allylic oxidation sites excluding steroid dienone is 4. The lowest BCUT2D eigenvalue weighted by atomic mass is 10.1. The first-order chi connectivity index (χ1) is 15.7. The van der Waals surface area contributed by atoms with Crippen LogP contribution in [-0.2, 0) is 4.74 Å². The quantitative estimate of drug-likeness (QED) is 0.0995. The molecule has 1 aromatic rings. The standard InChI is InChI=1S/C25H38N4O2.C2H6/c1-9-22(14-11-18(3)4)31-16-15-26-25(28-30)21-13-12-20(7)23(17-21)27-24(10-2)29(8)19(5)6;1-2/h9-15,17-19,27,30H,16H2,1-8H3;1-2H3/b14-11-,22-9+,24-10-,26-15?,28-25-;. The first-order valence-electron chi connectivity index (χ1n) is 11.7. The Bertz CT molecular complexity index is 850. The van der Waals surface area contributed by atoms with Crippen LogP contribution in [0.5, 0.6) is 0 Å². The van der Waals surface area contributed by atoms with E-state index >= 15 is 0 Å². The zero-order valence-electron chi connectivity index (χ0n) is 22.2. The Morgan fingerprint density at radius 1 is 1.15 bits per heavy atom. The third kappa shape index (κ3) is 10.9. The van der Waals surface area contributed by atoms with Gasteiger partial charge in [0.2, 0.25) is 0 Å². The Morgan fingerprint density at radius 3 is 2.33 bits per heavy atom. The van der Waals surface area contributed by atoms with E-state index in [4.69, 9.17) is 4.74 Å². The van der Waals surface area contributed by atoms with Gasteiger partial charge in [0.15, 0.2) is 5.84 Å². The summed E-state index contributed by atoms with van der Waals surface area (Å²) in [5, 5.41) is 16.3. The second-order valence-electron chi connectivity index (χ2n) is 7.87. The highest BCUT2D eigenvalue weighted by molar-refractivity contribution is 6.03. The molecular weight excluding hydrogens is 412 g/mol. The molecule has 1 rings (SSSR count). The van der Waals surface area contributed by atoms with Crippen LogP contribution in [-0.4, -0.2) is 41.9 Å². The van der Waals surface area contributed by atoms with Crippen molar-refractivity contribution in [2.75, 3.05) is 19.0 Å². The van der Waals surface area contributed by atoms with Crippen molar-refractivity contribution in [3.8, 4) is 0 Å². The number of aliphatic imine (C=N–C) groups is 1. The van der Waals surface area contributed by atoms with Gasteiger partial charge in [-0.1, -0.05) is 51.1 Å². The van der Waals surface area contributed by atoms with E-state index in [1.165, 1.54) is 0 Å². The van der Waals surface area contributed by atoms with Gasteiger partial charge >= 0.3 is 0 Å². The molecule has 0 atom stereocenters. The Labute approximate surface area is 201 Å². The molecule has 184 valence electrons. The SMILES string of the molecule is C/C=C(/Nc1cc(/C(N=CCOC(/C=C\C(C)C)=C/C)=N/O)ccc1C)N(C)C(C)C.CC. The Kier molecular flexibility index (Phi) is 15.1. The summed E-state index contributed by atoms with van der Waals surface area (Å²) in [6, 6.07) is 6.16. The molecule has 0 saturated carbocycles. The van der Waals surface area contributed by atoms with Crippen LogP contribution in [0, 0.1) is 12.8 Å². The van der Waals surface area contributed by atoms with Crippen LogP contribution in [0.2, 0.25) is 0 Å². The van der Waals surface area contributed by atoms with Crippen molar-refractivity contribution in [3.05, 3.63) is 65.2 Å². The molecule has 33 heavy (non-hydrogen) atoms. The van der Waals surface area contributed by atoms with Crippen LogP contribution in [0.25, 0.3) is 0 Å². The van der Waals surface area contributed by atoms with Gasteiger partial charge in [-0.15, -0.1) is 0 Å². The topological polar surface area (TPSA) is 69.5 Å². The van der Waals surface area contributed by atoms with E-state index in [1.807, 2.05) is 78.1 Å². The van der Waals surface area contributed by atoms with Gasteiger partial charge < -0.3 is 20.2 Å². The Balaban J connectivity index is 0.00000497. The molecule has 0 aliphatic carbocycles. The number of anilines is 1. The fraction of sp³-hybridized carbons (Fsp3) is 0.481. The molecule has 2 N–H and O–H groups in total. The van der Waals surface area contributed by atoms with Crippen LogP contribution in [0.4, 0.5) is 5.69 Å². The minimum atomic E-state index is 0.227. The third-order valence-electron chi connectivity index (χ3n) is 4.75. The summed E-state index contributed by atoms with van der Waals surface area (Å²) in [6.07, 6.45) is 9.56. The minimum absolute atomic E-state index is 0.227. The molecule has 0 aromatic heterocycles. The molecule has 0 aliphatic rings. The van der Waals surface area contributed by atoms with Gasteiger partial charge in [-0.2, -0.15) is 0 Å². The normalized spacial score (nSPS) is 13.0. The fourth-order valence-corrected chi connectivity index (χ4v) is 2.61. The number of ether oxygens (including phenoxy) is 1. The van der Waals surface area contributed by atoms with Crippen LogP contribution < -0.4 is 5.32 Å². The van der Waals surface area contributed by atoms with Crippen molar-refractivity contribution < 1.29 is 9.94 Å². The zero-order chi connectivity index (χ0) is 25.4. The highest BCUT2D eigenvalue weighted by Crippen LogP contribution is 2.21. The molecule has 6 nitrogen and oxygen atoms in total. The molecular formula is C27H44N4O2. The van der Waals surface area contributed by atoms with E-state index in [0.29, 0.717) is 17.5 Å². The number of nitrogens with zero attached hydrogens (tertiary/aromatic N) is 3. The molecule has 0 amide bonds. The predicted molar refractivity (Wildman–Crippen MR) is 143 cm³/mol. The third-order valence-corrected chi connectivity index (χ3v) is 4.75. The maximum Gasteiger partial charge on any atom is 0.198 e. The maximum atomic E-state index is 9.50. The predicted octanol–water partition coefficient (Wildman–Crippen LogP) is 6.97. The van der Waals surface area contributed by atoms with Crippen molar-refractivity contribution in [2.45, 2.75) is 68.4 Å². The van der Waals surface area contributed by atoms with E-state index in [1.54, 1.807) is 6.21 Å². The first kappa shape index (κ1) is 30.0. The lowest BCUT2D eigenvalue weighted by Gasteiger charge is -2.28. The number of aryl methyl sites for hydroxylation is 1. The molecule has 0 heterocycles. The Hall–Kier alpha value is -3.02. The number of rotatable bonds is 10. The lowest BCUT2D eigenvalue weighted by molar-refractivity contribution is 0.275. The van der Waals surface area contributed by atoms with Crippen molar-refractivity contribution in [1.82, 2.24) is 4.90 Å². The number of nitrogens with one attached hydrogen (secondary N) is 1. The zero-order valence-corrected chi connectivity index (χ0v) is 22.2. The van der Waals surface area contributed by atoms with Crippen molar-refractivity contribution in [1.29, 1.82) is 0 Å². The largest absolute Gasteiger partial charge is 0.488 e. The molecule has 0 saturated heterocycles. The van der Waals surface area contributed by atoms with E-state index in [9.17, 15) is 5.21 Å². The van der Waals surface area contributed by atoms with E-state index < -0.39 is 0 Å². The molecule has 1 aromatic carbocycles. The number of benzene rings is 1. The maximum absolute atomic E-state index is 9.50. The average Bonchev–Trinajstić information content (AvgIpc) is 2.81. The van der Waals surface area contributed by atoms with Crippen LogP contribution in [0.1, 0.15) is 66.5 Å². The summed E-state index contributed by atoms with van der Waals surface area (Å²) in [5.74, 6) is 2.46. The van der Waals surface area contributed by atoms with Gasteiger partial charge in [-0.05, 0) is 70.4 Å². The van der Waals surface area contributed by atoms with Crippen molar-refractivity contribution in [3.63, 3.8) is 0 Å². The summed E-state index contributed by atoms with van der Waals surface area (Å²) < 4.78 is 5.69. The van der Waals surface area contributed by atoms with Crippen molar-refractivity contribution in [2.24, 2.45) is 16.1 Å². The van der Waals surface area contributed by atoms with Crippen LogP contribution in [0.3, 0.4) is 0 Å². The highest BCUT2D eigenvalue weighted by atomic mass is 16.5. The van der Waals surface area contributed by atoms with E-state index in [0.717, 1.165) is 22.8 Å². The summed E-state index contributed by atoms with van der Waals surface area (Å²) in [7, 11) is 2.05. The number of amidine groups is 1.